The summed E-state index contributed by atoms with van der Waals surface area (Å²) in [5, 5.41) is 5.08. The maximum atomic E-state index is 12.0. The number of ether oxygens (including phenoxy) is 1. The first-order valence-corrected chi connectivity index (χ1v) is 9.35. The second kappa shape index (κ2) is 7.09. The minimum atomic E-state index is -0.168. The Labute approximate surface area is 145 Å². The van der Waals surface area contributed by atoms with Crippen LogP contribution < -0.4 is 5.32 Å². The molecule has 0 unspecified atom stereocenters. The first-order chi connectivity index (χ1) is 11.8. The predicted octanol–water partition coefficient (Wildman–Crippen LogP) is 2.61. The summed E-state index contributed by atoms with van der Waals surface area (Å²) in [6.45, 7) is 4.57. The zero-order valence-corrected chi connectivity index (χ0v) is 14.3. The van der Waals surface area contributed by atoms with Crippen molar-refractivity contribution in [2.24, 2.45) is 11.8 Å². The molecule has 5 nitrogen and oxygen atoms in total. The van der Waals surface area contributed by atoms with E-state index in [9.17, 15) is 4.79 Å². The Bertz CT molecular complexity index is 656. The highest BCUT2D eigenvalue weighted by Crippen LogP contribution is 2.34. The number of likely N-dealkylation sites (tertiary alicyclic amines) is 1. The van der Waals surface area contributed by atoms with Crippen LogP contribution in [0.4, 0.5) is 0 Å². The number of carbonyl (C=O) groups excluding carboxylic acids is 1. The van der Waals surface area contributed by atoms with E-state index < -0.39 is 0 Å². The number of rotatable bonds is 5. The number of carbonyl (C=O) groups is 1. The van der Waals surface area contributed by atoms with Gasteiger partial charge in [0.2, 0.25) is 0 Å². The van der Waals surface area contributed by atoms with Gasteiger partial charge in [0.05, 0.1) is 19.0 Å². The van der Waals surface area contributed by atoms with Crippen molar-refractivity contribution >= 4 is 17.2 Å². The van der Waals surface area contributed by atoms with Gasteiger partial charge in [-0.2, -0.15) is 0 Å². The lowest BCUT2D eigenvalue weighted by atomic mass is 9.84. The molecule has 0 aliphatic carbocycles. The number of fused-ring (bicyclic) bond motifs is 1. The van der Waals surface area contributed by atoms with Gasteiger partial charge in [0.25, 0.3) is 5.91 Å². The summed E-state index contributed by atoms with van der Waals surface area (Å²) in [4.78, 5) is 16.0. The van der Waals surface area contributed by atoms with E-state index in [4.69, 9.17) is 9.15 Å². The third-order valence-corrected chi connectivity index (χ3v) is 5.92. The molecule has 2 aliphatic heterocycles. The first kappa shape index (κ1) is 15.9. The van der Waals surface area contributed by atoms with Gasteiger partial charge < -0.3 is 14.5 Å². The van der Waals surface area contributed by atoms with Crippen molar-refractivity contribution in [3.05, 3.63) is 46.5 Å². The maximum Gasteiger partial charge on any atom is 0.287 e. The van der Waals surface area contributed by atoms with Gasteiger partial charge in [-0.15, -0.1) is 11.3 Å². The molecule has 128 valence electrons. The van der Waals surface area contributed by atoms with Gasteiger partial charge in [-0.25, -0.2) is 0 Å². The number of nitrogens with zero attached hydrogens (tertiary/aromatic N) is 1. The molecule has 1 amide bonds. The van der Waals surface area contributed by atoms with Crippen molar-refractivity contribution in [3.63, 3.8) is 0 Å². The van der Waals surface area contributed by atoms with Crippen LogP contribution >= 0.6 is 11.3 Å². The minimum Gasteiger partial charge on any atom is -0.459 e. The van der Waals surface area contributed by atoms with Crippen molar-refractivity contribution in [2.45, 2.75) is 19.1 Å². The molecule has 0 spiro atoms. The fourth-order valence-electron chi connectivity index (χ4n) is 3.76. The smallest absolute Gasteiger partial charge is 0.287 e. The standard InChI is InChI=1S/C18H22N2O3S/c21-18(16-4-1-7-22-16)19-9-17-15-11-20(6-5-13(15)12-23-17)10-14-3-2-8-24-14/h1-4,7-8,13,15,17H,5-6,9-12H2,(H,19,21)/t13-,15-,17+/m1/s1. The van der Waals surface area contributed by atoms with Crippen LogP contribution in [0.1, 0.15) is 21.9 Å². The SMILES string of the molecule is O=C(NC[C@@H]1OC[C@H]2CCN(Cc3cccs3)C[C@H]21)c1ccco1. The largest absolute Gasteiger partial charge is 0.459 e. The Morgan fingerprint density at radius 3 is 3.12 bits per heavy atom. The number of amides is 1. The minimum absolute atomic E-state index is 0.0973. The predicted molar refractivity (Wildman–Crippen MR) is 92.0 cm³/mol. The maximum absolute atomic E-state index is 12.0. The van der Waals surface area contributed by atoms with Gasteiger partial charge in [0, 0.05) is 30.4 Å². The van der Waals surface area contributed by atoms with Crippen LogP contribution in [0.5, 0.6) is 0 Å². The van der Waals surface area contributed by atoms with Crippen molar-refractivity contribution in [3.8, 4) is 0 Å². The van der Waals surface area contributed by atoms with E-state index >= 15 is 0 Å². The van der Waals surface area contributed by atoms with Crippen molar-refractivity contribution in [2.75, 3.05) is 26.2 Å². The second-order valence-corrected chi connectivity index (χ2v) is 7.62. The second-order valence-electron chi connectivity index (χ2n) is 6.59. The Balaban J connectivity index is 1.32. The molecule has 24 heavy (non-hydrogen) atoms. The Morgan fingerprint density at radius 2 is 2.33 bits per heavy atom. The van der Waals surface area contributed by atoms with Crippen molar-refractivity contribution in [1.29, 1.82) is 0 Å². The highest BCUT2D eigenvalue weighted by molar-refractivity contribution is 7.09. The van der Waals surface area contributed by atoms with E-state index in [1.165, 1.54) is 17.6 Å². The van der Waals surface area contributed by atoms with Crippen LogP contribution in [-0.2, 0) is 11.3 Å². The zero-order valence-electron chi connectivity index (χ0n) is 13.5. The number of hydrogen-bond acceptors (Lipinski definition) is 5. The zero-order chi connectivity index (χ0) is 16.4. The molecule has 4 heterocycles. The molecule has 1 N–H and O–H groups in total. The lowest BCUT2D eigenvalue weighted by Gasteiger charge is -2.35. The lowest BCUT2D eigenvalue weighted by molar-refractivity contribution is 0.0669. The summed E-state index contributed by atoms with van der Waals surface area (Å²) in [5.74, 6) is 1.30. The summed E-state index contributed by atoms with van der Waals surface area (Å²) in [6.07, 6.45) is 2.79. The third kappa shape index (κ3) is 3.41. The van der Waals surface area contributed by atoms with E-state index in [1.807, 2.05) is 11.3 Å². The molecule has 0 saturated carbocycles. The van der Waals surface area contributed by atoms with Crippen LogP contribution in [0.2, 0.25) is 0 Å². The summed E-state index contributed by atoms with van der Waals surface area (Å²) in [5.41, 5.74) is 0. The summed E-state index contributed by atoms with van der Waals surface area (Å²) in [6, 6.07) is 7.71. The summed E-state index contributed by atoms with van der Waals surface area (Å²) < 4.78 is 11.1. The summed E-state index contributed by atoms with van der Waals surface area (Å²) >= 11 is 1.81. The van der Waals surface area contributed by atoms with Crippen molar-refractivity contribution in [1.82, 2.24) is 10.2 Å². The fourth-order valence-corrected chi connectivity index (χ4v) is 4.51. The average molecular weight is 346 g/mol. The molecular weight excluding hydrogens is 324 g/mol. The highest BCUT2D eigenvalue weighted by atomic mass is 32.1. The van der Waals surface area contributed by atoms with Crippen molar-refractivity contribution < 1.29 is 13.9 Å². The molecule has 2 aromatic rings. The van der Waals surface area contributed by atoms with Crippen LogP contribution in [0.15, 0.2) is 40.3 Å². The number of piperidine rings is 1. The highest BCUT2D eigenvalue weighted by Gasteiger charge is 2.40. The number of hydrogen-bond donors (Lipinski definition) is 1. The van der Waals surface area contributed by atoms with Gasteiger partial charge >= 0.3 is 0 Å². The Kier molecular flexibility index (Phi) is 4.69. The molecule has 0 radical (unpaired) electrons. The van der Waals surface area contributed by atoms with Crippen LogP contribution in [0, 0.1) is 11.8 Å². The van der Waals surface area contributed by atoms with Gasteiger partial charge in [0.15, 0.2) is 5.76 Å². The van der Waals surface area contributed by atoms with E-state index in [-0.39, 0.29) is 12.0 Å². The molecule has 4 rings (SSSR count). The molecule has 0 bridgehead atoms. The van der Waals surface area contributed by atoms with E-state index in [1.54, 1.807) is 12.1 Å². The normalized spacial score (nSPS) is 27.1. The third-order valence-electron chi connectivity index (χ3n) is 5.06. The molecule has 6 heteroatoms. The molecular formula is C18H22N2O3S. The monoisotopic (exact) mass is 346 g/mol. The van der Waals surface area contributed by atoms with Crippen LogP contribution in [0.25, 0.3) is 0 Å². The lowest BCUT2D eigenvalue weighted by Crippen LogP contribution is -2.44. The molecule has 2 saturated heterocycles. The topological polar surface area (TPSA) is 54.7 Å². The van der Waals surface area contributed by atoms with Gasteiger partial charge in [-0.3, -0.25) is 9.69 Å². The van der Waals surface area contributed by atoms with Crippen LogP contribution in [-0.4, -0.2) is 43.2 Å². The Morgan fingerprint density at radius 1 is 1.38 bits per heavy atom. The fraction of sp³-hybridized carbons (Fsp3) is 0.500. The first-order valence-electron chi connectivity index (χ1n) is 8.47. The quantitative estimate of drug-likeness (QED) is 0.904. The average Bonchev–Trinajstić information content (AvgIpc) is 3.34. The molecule has 3 atom stereocenters. The van der Waals surface area contributed by atoms with Gasteiger partial charge in [0.1, 0.15) is 0 Å². The Hall–Kier alpha value is -1.63. The van der Waals surface area contributed by atoms with Gasteiger partial charge in [-0.05, 0) is 42.5 Å². The van der Waals surface area contributed by atoms with E-state index in [0.29, 0.717) is 24.1 Å². The molecule has 2 fully saturated rings. The summed E-state index contributed by atoms with van der Waals surface area (Å²) in [7, 11) is 0. The number of furan rings is 1. The molecule has 2 aliphatic rings. The van der Waals surface area contributed by atoms with E-state index in [2.05, 4.69) is 27.7 Å². The number of nitrogens with one attached hydrogen (secondary N) is 1. The van der Waals surface area contributed by atoms with E-state index in [0.717, 1.165) is 26.2 Å². The number of thiophene rings is 1. The van der Waals surface area contributed by atoms with Gasteiger partial charge in [-0.1, -0.05) is 6.07 Å². The molecule has 2 aromatic heterocycles. The molecule has 0 aromatic carbocycles. The van der Waals surface area contributed by atoms with Crippen LogP contribution in [0.3, 0.4) is 0 Å².